The maximum absolute atomic E-state index is 12.5. The van der Waals surface area contributed by atoms with E-state index in [4.69, 9.17) is 27.9 Å². The van der Waals surface area contributed by atoms with Gasteiger partial charge in [0.2, 0.25) is 0 Å². The highest BCUT2D eigenvalue weighted by atomic mass is 35.5. The van der Waals surface area contributed by atoms with E-state index in [9.17, 15) is 9.59 Å². The number of hydrogen-bond acceptors (Lipinski definition) is 3. The lowest BCUT2D eigenvalue weighted by molar-refractivity contribution is -0.137. The van der Waals surface area contributed by atoms with Crippen molar-refractivity contribution >= 4 is 40.5 Å². The maximum atomic E-state index is 12.5. The third-order valence-corrected chi connectivity index (χ3v) is 3.87. The van der Waals surface area contributed by atoms with Crippen LogP contribution >= 0.6 is 23.2 Å². The number of carbonyl (C=O) groups excluding carboxylic acids is 2. The van der Waals surface area contributed by atoms with Crippen LogP contribution in [0.3, 0.4) is 0 Å². The molecule has 0 N–H and O–H groups in total. The van der Waals surface area contributed by atoms with Crippen molar-refractivity contribution < 1.29 is 14.3 Å². The average molecular weight is 327 g/mol. The van der Waals surface area contributed by atoms with E-state index in [2.05, 4.69) is 0 Å². The van der Waals surface area contributed by atoms with Gasteiger partial charge in [0.05, 0.1) is 5.57 Å². The number of halogens is 2. The minimum absolute atomic E-state index is 0.0910. The van der Waals surface area contributed by atoms with Gasteiger partial charge in [0.15, 0.2) is 5.78 Å². The van der Waals surface area contributed by atoms with Crippen LogP contribution in [-0.2, 0) is 14.3 Å². The van der Waals surface area contributed by atoms with E-state index in [0.717, 1.165) is 0 Å². The van der Waals surface area contributed by atoms with Crippen LogP contribution in [0.2, 0.25) is 10.0 Å². The van der Waals surface area contributed by atoms with E-state index in [1.807, 2.05) is 13.8 Å². The molecule has 0 aliphatic heterocycles. The first kappa shape index (κ1) is 16.1. The van der Waals surface area contributed by atoms with E-state index in [1.54, 1.807) is 18.2 Å². The fraction of sp³-hybridized carbons (Fsp3) is 0.375. The van der Waals surface area contributed by atoms with Crippen molar-refractivity contribution in [3.05, 3.63) is 39.6 Å². The number of allylic oxidation sites excluding steroid dienone is 2. The SMILES string of the molecule is CC(=O)OC1=C(c2cc(Cl)ccc2Cl)C(=O)CC(C)(C)C1. The summed E-state index contributed by atoms with van der Waals surface area (Å²) in [5.74, 6) is -0.175. The fourth-order valence-electron chi connectivity index (χ4n) is 2.51. The van der Waals surface area contributed by atoms with Gasteiger partial charge < -0.3 is 4.74 Å². The Morgan fingerprint density at radius 1 is 1.24 bits per heavy atom. The monoisotopic (exact) mass is 326 g/mol. The Bertz CT molecular complexity index is 645. The highest BCUT2D eigenvalue weighted by Crippen LogP contribution is 2.42. The number of benzene rings is 1. The van der Waals surface area contributed by atoms with Crippen molar-refractivity contribution in [1.82, 2.24) is 0 Å². The summed E-state index contributed by atoms with van der Waals surface area (Å²) in [6.07, 6.45) is 0.867. The van der Waals surface area contributed by atoms with Crippen molar-refractivity contribution in [3.8, 4) is 0 Å². The van der Waals surface area contributed by atoms with Gasteiger partial charge >= 0.3 is 5.97 Å². The van der Waals surface area contributed by atoms with Gasteiger partial charge in [-0.05, 0) is 23.6 Å². The van der Waals surface area contributed by atoms with E-state index in [0.29, 0.717) is 39.8 Å². The van der Waals surface area contributed by atoms with Gasteiger partial charge in [0.1, 0.15) is 5.76 Å². The molecule has 1 aromatic carbocycles. The molecule has 0 spiro atoms. The van der Waals surface area contributed by atoms with Gasteiger partial charge in [0, 0.05) is 35.4 Å². The summed E-state index contributed by atoms with van der Waals surface area (Å²) >= 11 is 12.2. The molecule has 0 radical (unpaired) electrons. The first-order chi connectivity index (χ1) is 9.69. The third kappa shape index (κ3) is 3.66. The molecule has 0 bridgehead atoms. The third-order valence-electron chi connectivity index (χ3n) is 3.30. The first-order valence-corrected chi connectivity index (χ1v) is 7.35. The minimum Gasteiger partial charge on any atom is -0.430 e. The van der Waals surface area contributed by atoms with Crippen molar-refractivity contribution in [2.24, 2.45) is 5.41 Å². The number of hydrogen-bond donors (Lipinski definition) is 0. The number of ketones is 1. The van der Waals surface area contributed by atoms with Gasteiger partial charge in [-0.3, -0.25) is 9.59 Å². The Morgan fingerprint density at radius 2 is 1.90 bits per heavy atom. The Labute approximate surface area is 133 Å². The molecule has 0 atom stereocenters. The summed E-state index contributed by atoms with van der Waals surface area (Å²) in [4.78, 5) is 23.8. The van der Waals surface area contributed by atoms with E-state index in [1.165, 1.54) is 6.92 Å². The van der Waals surface area contributed by atoms with Crippen molar-refractivity contribution in [2.75, 3.05) is 0 Å². The van der Waals surface area contributed by atoms with Crippen LogP contribution in [0.1, 0.15) is 39.2 Å². The average Bonchev–Trinajstić information content (AvgIpc) is 2.30. The van der Waals surface area contributed by atoms with E-state index < -0.39 is 5.97 Å². The molecule has 2 rings (SSSR count). The number of esters is 1. The number of ether oxygens (including phenoxy) is 1. The van der Waals surface area contributed by atoms with Crippen molar-refractivity contribution in [2.45, 2.75) is 33.6 Å². The van der Waals surface area contributed by atoms with Gasteiger partial charge in [-0.2, -0.15) is 0 Å². The summed E-state index contributed by atoms with van der Waals surface area (Å²) in [5.41, 5.74) is 0.620. The van der Waals surface area contributed by atoms with Gasteiger partial charge in [-0.15, -0.1) is 0 Å². The molecule has 5 heteroatoms. The zero-order chi connectivity index (χ0) is 15.8. The van der Waals surface area contributed by atoms with Crippen LogP contribution in [0.15, 0.2) is 24.0 Å². The van der Waals surface area contributed by atoms with Gasteiger partial charge in [-0.25, -0.2) is 0 Å². The second kappa shape index (κ2) is 5.82. The Morgan fingerprint density at radius 3 is 2.52 bits per heavy atom. The lowest BCUT2D eigenvalue weighted by Gasteiger charge is -2.31. The molecule has 1 aromatic rings. The summed E-state index contributed by atoms with van der Waals surface area (Å²) in [5, 5.41) is 0.883. The first-order valence-electron chi connectivity index (χ1n) is 6.60. The number of carbonyl (C=O) groups is 2. The van der Waals surface area contributed by atoms with Crippen LogP contribution < -0.4 is 0 Å². The molecule has 1 aliphatic rings. The lowest BCUT2D eigenvalue weighted by Crippen LogP contribution is -2.26. The van der Waals surface area contributed by atoms with Crippen LogP contribution in [0.5, 0.6) is 0 Å². The molecule has 0 saturated carbocycles. The van der Waals surface area contributed by atoms with Crippen LogP contribution in [0.4, 0.5) is 0 Å². The molecule has 112 valence electrons. The minimum atomic E-state index is -0.453. The van der Waals surface area contributed by atoms with Crippen LogP contribution in [0, 0.1) is 5.41 Å². The molecular weight excluding hydrogens is 311 g/mol. The largest absolute Gasteiger partial charge is 0.430 e. The predicted molar refractivity (Wildman–Crippen MR) is 83.2 cm³/mol. The topological polar surface area (TPSA) is 43.4 Å². The Hall–Kier alpha value is -1.32. The summed E-state index contributed by atoms with van der Waals surface area (Å²) in [6, 6.07) is 4.90. The highest BCUT2D eigenvalue weighted by Gasteiger charge is 2.36. The van der Waals surface area contributed by atoms with Crippen molar-refractivity contribution in [1.29, 1.82) is 0 Å². The molecule has 1 aliphatic carbocycles. The number of Topliss-reactive ketones (excluding diaryl/α,β-unsaturated/α-hetero) is 1. The molecule has 0 amide bonds. The molecule has 0 saturated heterocycles. The summed E-state index contributed by atoms with van der Waals surface area (Å²) in [7, 11) is 0. The molecule has 21 heavy (non-hydrogen) atoms. The summed E-state index contributed by atoms with van der Waals surface area (Å²) in [6.45, 7) is 5.24. The summed E-state index contributed by atoms with van der Waals surface area (Å²) < 4.78 is 5.28. The van der Waals surface area contributed by atoms with Crippen LogP contribution in [-0.4, -0.2) is 11.8 Å². The molecule has 0 heterocycles. The fourth-order valence-corrected chi connectivity index (χ4v) is 2.90. The van der Waals surface area contributed by atoms with Gasteiger partial charge in [-0.1, -0.05) is 37.0 Å². The smallest absolute Gasteiger partial charge is 0.307 e. The van der Waals surface area contributed by atoms with E-state index >= 15 is 0 Å². The predicted octanol–water partition coefficient (Wildman–Crippen LogP) is 4.66. The highest BCUT2D eigenvalue weighted by molar-refractivity contribution is 6.37. The van der Waals surface area contributed by atoms with Crippen molar-refractivity contribution in [3.63, 3.8) is 0 Å². The molecule has 0 aromatic heterocycles. The normalized spacial score (nSPS) is 17.9. The molecule has 3 nitrogen and oxygen atoms in total. The van der Waals surface area contributed by atoms with E-state index in [-0.39, 0.29) is 11.2 Å². The second-order valence-corrected chi connectivity index (χ2v) is 6.80. The zero-order valence-electron chi connectivity index (χ0n) is 12.1. The second-order valence-electron chi connectivity index (χ2n) is 5.96. The molecule has 0 unspecified atom stereocenters. The Balaban J connectivity index is 2.63. The Kier molecular flexibility index (Phi) is 4.45. The zero-order valence-corrected chi connectivity index (χ0v) is 13.6. The van der Waals surface area contributed by atoms with Crippen LogP contribution in [0.25, 0.3) is 5.57 Å². The lowest BCUT2D eigenvalue weighted by atomic mass is 9.75. The molecular formula is C16H16Cl2O3. The standard InChI is InChI=1S/C16H16Cl2O3/c1-9(19)21-14-8-16(2,3)7-13(20)15(14)11-6-10(17)4-5-12(11)18/h4-6H,7-8H2,1-3H3. The van der Waals surface area contributed by atoms with Gasteiger partial charge in [0.25, 0.3) is 0 Å². The molecule has 0 fully saturated rings. The quantitative estimate of drug-likeness (QED) is 0.742. The number of rotatable bonds is 2. The maximum Gasteiger partial charge on any atom is 0.307 e.